The quantitative estimate of drug-likeness (QED) is 0.466. The van der Waals surface area contributed by atoms with Gasteiger partial charge < -0.3 is 30.0 Å². The van der Waals surface area contributed by atoms with E-state index in [2.05, 4.69) is 26.0 Å². The molecule has 4 fully saturated rings. The van der Waals surface area contributed by atoms with Gasteiger partial charge in [0.15, 0.2) is 17.2 Å². The standard InChI is InChI=1S/C26H31N7O4/c1-27-18-12-21(29-17-3-2-8-32(26(17)35)19-11-15-7-10-37-23(15)19)31-33-20(13-28-24(18)33)25(34)30-16-5-4-14-6-9-36-22(14)16/h2-3,8,12-16,19,22-23,27H,4-7,9-11H2,1H3,(H,29,31)(H,30,34)/t14-,15+,16+,19+,22+,23+/m0/s1. The average Bonchev–Trinajstić information content (AvgIpc) is 3.67. The second-order valence-electron chi connectivity index (χ2n) is 10.6. The predicted molar refractivity (Wildman–Crippen MR) is 136 cm³/mol. The van der Waals surface area contributed by atoms with Gasteiger partial charge in [-0.2, -0.15) is 0 Å². The van der Waals surface area contributed by atoms with Gasteiger partial charge in [0.2, 0.25) is 0 Å². The van der Waals surface area contributed by atoms with Gasteiger partial charge in [-0.1, -0.05) is 0 Å². The van der Waals surface area contributed by atoms with E-state index in [0.717, 1.165) is 45.3 Å². The van der Waals surface area contributed by atoms with Crippen molar-refractivity contribution in [2.24, 2.45) is 11.8 Å². The minimum Gasteiger partial charge on any atom is -0.385 e. The molecule has 1 amide bonds. The maximum absolute atomic E-state index is 13.3. The molecule has 11 heteroatoms. The maximum Gasteiger partial charge on any atom is 0.274 e. The Kier molecular flexibility index (Phi) is 5.43. The van der Waals surface area contributed by atoms with Crippen molar-refractivity contribution in [2.75, 3.05) is 30.9 Å². The van der Waals surface area contributed by atoms with E-state index in [4.69, 9.17) is 9.47 Å². The van der Waals surface area contributed by atoms with E-state index in [1.807, 2.05) is 12.3 Å². The van der Waals surface area contributed by atoms with Crippen LogP contribution >= 0.6 is 0 Å². The second-order valence-corrected chi connectivity index (χ2v) is 10.6. The normalized spacial score (nSPS) is 30.1. The lowest BCUT2D eigenvalue weighted by Crippen LogP contribution is -2.44. The lowest BCUT2D eigenvalue weighted by molar-refractivity contribution is -0.0195. The number of hydrogen-bond acceptors (Lipinski definition) is 8. The van der Waals surface area contributed by atoms with Gasteiger partial charge in [-0.25, -0.2) is 9.50 Å². The zero-order valence-corrected chi connectivity index (χ0v) is 20.7. The summed E-state index contributed by atoms with van der Waals surface area (Å²) in [5.41, 5.74) is 1.85. The van der Waals surface area contributed by atoms with Gasteiger partial charge in [0.05, 0.1) is 36.2 Å². The van der Waals surface area contributed by atoms with E-state index in [-0.39, 0.29) is 35.8 Å². The third-order valence-corrected chi connectivity index (χ3v) is 8.58. The van der Waals surface area contributed by atoms with Gasteiger partial charge in [0.1, 0.15) is 5.69 Å². The van der Waals surface area contributed by atoms with Crippen LogP contribution in [-0.2, 0) is 9.47 Å². The van der Waals surface area contributed by atoms with E-state index in [1.165, 1.54) is 10.7 Å². The van der Waals surface area contributed by atoms with Crippen molar-refractivity contribution in [1.29, 1.82) is 0 Å². The van der Waals surface area contributed by atoms with Crippen molar-refractivity contribution in [3.63, 3.8) is 0 Å². The number of aromatic nitrogens is 4. The van der Waals surface area contributed by atoms with Crippen molar-refractivity contribution < 1.29 is 14.3 Å². The summed E-state index contributed by atoms with van der Waals surface area (Å²) in [6.07, 6.45) is 8.64. The first-order valence-corrected chi connectivity index (χ1v) is 13.2. The summed E-state index contributed by atoms with van der Waals surface area (Å²) >= 11 is 0. The molecule has 0 unspecified atom stereocenters. The summed E-state index contributed by atoms with van der Waals surface area (Å²) in [6, 6.07) is 5.45. The number of anilines is 3. The molecule has 6 atom stereocenters. The second kappa shape index (κ2) is 8.84. The molecular weight excluding hydrogens is 474 g/mol. The van der Waals surface area contributed by atoms with Crippen LogP contribution in [0.25, 0.3) is 5.65 Å². The summed E-state index contributed by atoms with van der Waals surface area (Å²) in [5, 5.41) is 14.1. The molecule has 2 aliphatic heterocycles. The summed E-state index contributed by atoms with van der Waals surface area (Å²) in [6.45, 7) is 1.53. The van der Waals surface area contributed by atoms with Crippen LogP contribution < -0.4 is 21.5 Å². The number of carbonyl (C=O) groups is 1. The number of nitrogens with zero attached hydrogens (tertiary/aromatic N) is 4. The first kappa shape index (κ1) is 22.7. The molecule has 5 heterocycles. The number of amides is 1. The molecule has 2 saturated heterocycles. The smallest absolute Gasteiger partial charge is 0.274 e. The summed E-state index contributed by atoms with van der Waals surface area (Å²) < 4.78 is 15.0. The highest BCUT2D eigenvalue weighted by Gasteiger charge is 2.46. The predicted octanol–water partition coefficient (Wildman–Crippen LogP) is 2.32. The molecule has 0 radical (unpaired) electrons. The van der Waals surface area contributed by atoms with Crippen molar-refractivity contribution in [1.82, 2.24) is 24.5 Å². The zero-order chi connectivity index (χ0) is 25.1. The molecule has 7 rings (SSSR count). The molecule has 0 aromatic carbocycles. The Balaban J connectivity index is 1.17. The van der Waals surface area contributed by atoms with Gasteiger partial charge in [-0.05, 0) is 56.1 Å². The molecule has 4 aliphatic rings. The third-order valence-electron chi connectivity index (χ3n) is 8.58. The van der Waals surface area contributed by atoms with Crippen LogP contribution in [0.5, 0.6) is 0 Å². The molecule has 0 spiro atoms. The minimum atomic E-state index is -0.237. The highest BCUT2D eigenvalue weighted by Crippen LogP contribution is 2.45. The molecule has 3 aromatic heterocycles. The third kappa shape index (κ3) is 3.71. The first-order valence-electron chi connectivity index (χ1n) is 13.2. The largest absolute Gasteiger partial charge is 0.385 e. The highest BCUT2D eigenvalue weighted by molar-refractivity contribution is 5.94. The van der Waals surface area contributed by atoms with Crippen molar-refractivity contribution in [3.05, 3.63) is 46.6 Å². The molecule has 194 valence electrons. The molecule has 3 N–H and O–H groups in total. The Morgan fingerprint density at radius 1 is 1.08 bits per heavy atom. The Morgan fingerprint density at radius 3 is 2.76 bits per heavy atom. The van der Waals surface area contributed by atoms with Crippen LogP contribution in [0.4, 0.5) is 17.2 Å². The van der Waals surface area contributed by atoms with Gasteiger partial charge in [-0.3, -0.25) is 9.59 Å². The van der Waals surface area contributed by atoms with Gasteiger partial charge >= 0.3 is 0 Å². The number of pyridine rings is 1. The van der Waals surface area contributed by atoms with Crippen molar-refractivity contribution >= 4 is 28.7 Å². The van der Waals surface area contributed by atoms with Gasteiger partial charge in [0.25, 0.3) is 11.5 Å². The lowest BCUT2D eigenvalue weighted by Gasteiger charge is -2.40. The topological polar surface area (TPSA) is 124 Å². The Morgan fingerprint density at radius 2 is 1.92 bits per heavy atom. The Bertz CT molecular complexity index is 1420. The molecule has 2 aliphatic carbocycles. The van der Waals surface area contributed by atoms with Crippen LogP contribution in [0, 0.1) is 11.8 Å². The van der Waals surface area contributed by atoms with Crippen molar-refractivity contribution in [2.45, 2.75) is 56.4 Å². The summed E-state index contributed by atoms with van der Waals surface area (Å²) in [4.78, 5) is 31.0. The fourth-order valence-corrected chi connectivity index (χ4v) is 6.59. The maximum atomic E-state index is 13.3. The minimum absolute atomic E-state index is 0.00614. The summed E-state index contributed by atoms with van der Waals surface area (Å²) in [5.74, 6) is 1.27. The van der Waals surface area contributed by atoms with E-state index in [9.17, 15) is 9.59 Å². The molecule has 2 saturated carbocycles. The molecule has 37 heavy (non-hydrogen) atoms. The number of nitrogens with one attached hydrogen (secondary N) is 3. The molecule has 11 nitrogen and oxygen atoms in total. The van der Waals surface area contributed by atoms with Crippen molar-refractivity contribution in [3.8, 4) is 0 Å². The highest BCUT2D eigenvalue weighted by atomic mass is 16.5. The average molecular weight is 506 g/mol. The monoisotopic (exact) mass is 505 g/mol. The fraction of sp³-hybridized carbons (Fsp3) is 0.538. The number of rotatable bonds is 6. The number of fused-ring (bicyclic) bond motifs is 3. The summed E-state index contributed by atoms with van der Waals surface area (Å²) in [7, 11) is 1.79. The van der Waals surface area contributed by atoms with E-state index in [1.54, 1.807) is 23.7 Å². The van der Waals surface area contributed by atoms with Crippen LogP contribution in [0.1, 0.15) is 48.6 Å². The van der Waals surface area contributed by atoms with Gasteiger partial charge in [-0.15, -0.1) is 5.10 Å². The number of ether oxygens (including phenoxy) is 2. The first-order chi connectivity index (χ1) is 18.1. The molecule has 0 bridgehead atoms. The molecule has 3 aromatic rings. The van der Waals surface area contributed by atoms with E-state index in [0.29, 0.717) is 40.4 Å². The number of hydrogen-bond donors (Lipinski definition) is 3. The van der Waals surface area contributed by atoms with Crippen LogP contribution in [0.15, 0.2) is 35.4 Å². The van der Waals surface area contributed by atoms with Crippen LogP contribution in [0.3, 0.4) is 0 Å². The van der Waals surface area contributed by atoms with Crippen LogP contribution in [0.2, 0.25) is 0 Å². The lowest BCUT2D eigenvalue weighted by atomic mass is 9.76. The Labute approximate surface area is 213 Å². The van der Waals surface area contributed by atoms with Crippen LogP contribution in [-0.4, -0.2) is 63.6 Å². The number of carbonyl (C=O) groups excluding carboxylic acids is 1. The Hall–Kier alpha value is -3.44. The number of imidazole rings is 1. The zero-order valence-electron chi connectivity index (χ0n) is 20.7. The molecular formula is C26H31N7O4. The van der Waals surface area contributed by atoms with E-state index < -0.39 is 0 Å². The van der Waals surface area contributed by atoms with E-state index >= 15 is 0 Å². The van der Waals surface area contributed by atoms with Gasteiger partial charge in [0, 0.05) is 32.5 Å². The fourth-order valence-electron chi connectivity index (χ4n) is 6.59. The SMILES string of the molecule is CNc1cc(Nc2cccn([C@@H]3C[C@H]4CCO[C@H]43)c2=O)nn2c(C(=O)N[C@@H]3CC[C@H]4CCO[C@H]43)cnc12.